The highest BCUT2D eigenvalue weighted by atomic mass is 35.5. The van der Waals surface area contributed by atoms with Crippen molar-refractivity contribution in [2.24, 2.45) is 0 Å². The first-order valence-electron chi connectivity index (χ1n) is 12.3. The Morgan fingerprint density at radius 1 is 1.21 bits per heavy atom. The van der Waals surface area contributed by atoms with Gasteiger partial charge in [-0.25, -0.2) is 17.9 Å². The normalized spacial score (nSPS) is 17.7. The lowest BCUT2D eigenvalue weighted by molar-refractivity contribution is 0.114. The number of rotatable bonds is 8. The first-order valence-corrected chi connectivity index (χ1v) is 12.7. The van der Waals surface area contributed by atoms with E-state index in [1.54, 1.807) is 24.3 Å². The SMILES string of the molecule is BC(Nc1cc(Cl)c2ncc(C#N)c(NC3(C(F)F)CC3)c2c1)(c1ccc(F)cc1)c1cn(C2CC2)nn1. The summed E-state index contributed by atoms with van der Waals surface area (Å²) in [5.74, 6) is -0.370. The van der Waals surface area contributed by atoms with E-state index in [2.05, 4.69) is 32.0 Å². The molecule has 2 aliphatic rings. The van der Waals surface area contributed by atoms with E-state index >= 15 is 0 Å². The lowest BCUT2D eigenvalue weighted by atomic mass is 9.69. The van der Waals surface area contributed by atoms with Crippen molar-refractivity contribution in [2.75, 3.05) is 10.6 Å². The van der Waals surface area contributed by atoms with E-state index in [1.165, 1.54) is 18.3 Å². The molecule has 4 aromatic rings. The minimum atomic E-state index is -2.59. The largest absolute Gasteiger partial charge is 0.378 e. The molecule has 1 atom stereocenters. The van der Waals surface area contributed by atoms with Crippen LogP contribution in [0, 0.1) is 17.1 Å². The van der Waals surface area contributed by atoms with Crippen LogP contribution in [0.3, 0.4) is 0 Å². The first-order chi connectivity index (χ1) is 18.2. The second-order valence-electron chi connectivity index (χ2n) is 10.2. The maximum Gasteiger partial charge on any atom is 0.261 e. The number of pyridine rings is 1. The third-order valence-corrected chi connectivity index (χ3v) is 7.67. The molecular weight excluding hydrogens is 514 g/mol. The molecule has 0 radical (unpaired) electrons. The number of benzene rings is 2. The summed E-state index contributed by atoms with van der Waals surface area (Å²) in [6, 6.07) is 11.9. The summed E-state index contributed by atoms with van der Waals surface area (Å²) in [6.07, 6.45) is 3.28. The quantitative estimate of drug-likeness (QED) is 0.309. The summed E-state index contributed by atoms with van der Waals surface area (Å²) < 4.78 is 43.2. The smallest absolute Gasteiger partial charge is 0.261 e. The van der Waals surface area contributed by atoms with Crippen molar-refractivity contribution in [2.45, 2.75) is 49.1 Å². The molecule has 0 spiro atoms. The molecule has 0 bridgehead atoms. The van der Waals surface area contributed by atoms with E-state index in [1.807, 2.05) is 18.7 Å². The lowest BCUT2D eigenvalue weighted by Gasteiger charge is -2.31. The fraction of sp³-hybridized carbons (Fsp3) is 0.308. The second-order valence-corrected chi connectivity index (χ2v) is 10.6. The van der Waals surface area contributed by atoms with Gasteiger partial charge in [0.15, 0.2) is 0 Å². The van der Waals surface area contributed by atoms with Gasteiger partial charge < -0.3 is 10.6 Å². The average molecular weight is 536 g/mol. The number of nitriles is 1. The van der Waals surface area contributed by atoms with Gasteiger partial charge in [-0.3, -0.25) is 4.98 Å². The van der Waals surface area contributed by atoms with Gasteiger partial charge in [0, 0.05) is 17.3 Å². The van der Waals surface area contributed by atoms with Crippen LogP contribution in [0.1, 0.15) is 48.5 Å². The molecule has 2 fully saturated rings. The molecule has 0 amide bonds. The van der Waals surface area contributed by atoms with Gasteiger partial charge in [-0.15, -0.1) is 5.10 Å². The van der Waals surface area contributed by atoms with E-state index in [-0.39, 0.29) is 22.1 Å². The van der Waals surface area contributed by atoms with Crippen molar-refractivity contribution in [3.63, 3.8) is 0 Å². The molecule has 2 N–H and O–H groups in total. The molecule has 192 valence electrons. The van der Waals surface area contributed by atoms with Crippen LogP contribution in [0.15, 0.2) is 48.8 Å². The maximum atomic E-state index is 13.8. The maximum absolute atomic E-state index is 13.8. The molecule has 2 aromatic heterocycles. The molecule has 2 heterocycles. The highest BCUT2D eigenvalue weighted by molar-refractivity contribution is 6.36. The van der Waals surface area contributed by atoms with E-state index < -0.39 is 17.4 Å². The Morgan fingerprint density at radius 3 is 2.58 bits per heavy atom. The second kappa shape index (κ2) is 8.91. The van der Waals surface area contributed by atoms with Crippen LogP contribution in [0.25, 0.3) is 10.9 Å². The van der Waals surface area contributed by atoms with E-state index in [0.717, 1.165) is 18.4 Å². The summed E-state index contributed by atoms with van der Waals surface area (Å²) in [5, 5.41) is 25.6. The summed E-state index contributed by atoms with van der Waals surface area (Å²) in [5.41, 5.74) is 0.352. The molecular formula is C26H22BClF3N7. The summed E-state index contributed by atoms with van der Waals surface area (Å²) in [6.45, 7) is 0. The average Bonchev–Trinajstić information content (AvgIpc) is 3.83. The highest BCUT2D eigenvalue weighted by Crippen LogP contribution is 2.46. The fourth-order valence-electron chi connectivity index (χ4n) is 4.71. The number of halogens is 4. The van der Waals surface area contributed by atoms with Gasteiger partial charge in [0.25, 0.3) is 6.43 Å². The molecule has 2 aliphatic carbocycles. The van der Waals surface area contributed by atoms with Crippen molar-refractivity contribution in [3.8, 4) is 6.07 Å². The number of aromatic nitrogens is 4. The van der Waals surface area contributed by atoms with Crippen molar-refractivity contribution in [3.05, 3.63) is 76.5 Å². The fourth-order valence-corrected chi connectivity index (χ4v) is 4.98. The van der Waals surface area contributed by atoms with Crippen LogP contribution in [0.2, 0.25) is 5.02 Å². The molecule has 2 saturated carbocycles. The number of fused-ring (bicyclic) bond motifs is 1. The predicted molar refractivity (Wildman–Crippen MR) is 141 cm³/mol. The molecule has 6 rings (SSSR count). The van der Waals surface area contributed by atoms with E-state index in [0.29, 0.717) is 41.2 Å². The van der Waals surface area contributed by atoms with E-state index in [9.17, 15) is 18.4 Å². The van der Waals surface area contributed by atoms with Gasteiger partial charge in [0.05, 0.1) is 45.0 Å². The Hall–Kier alpha value is -3.78. The molecule has 2 aromatic carbocycles. The Balaban J connectivity index is 1.47. The van der Waals surface area contributed by atoms with Crippen molar-refractivity contribution < 1.29 is 13.2 Å². The predicted octanol–water partition coefficient (Wildman–Crippen LogP) is 4.98. The number of anilines is 2. The Labute approximate surface area is 222 Å². The standard InChI is InChI=1S/C26H22BClF3N7/c27-26(15-1-3-16(29)4-2-15,21-13-38(37-36-21)18-5-6-18)34-17-9-19-22(35-25(7-8-25)24(30)31)14(11-32)12-33-23(19)20(28)10-17/h1-4,9-10,12-13,18,24,34H,5-8,27H2,(H,33,35). The van der Waals surface area contributed by atoms with Crippen LogP contribution in [0.5, 0.6) is 0 Å². The minimum Gasteiger partial charge on any atom is -0.378 e. The Morgan fingerprint density at radius 2 is 1.95 bits per heavy atom. The molecule has 0 aliphatic heterocycles. The minimum absolute atomic E-state index is 0.145. The molecule has 12 heteroatoms. The van der Waals surface area contributed by atoms with Crippen molar-refractivity contribution >= 4 is 41.7 Å². The lowest BCUT2D eigenvalue weighted by Crippen LogP contribution is -2.38. The zero-order valence-electron chi connectivity index (χ0n) is 20.3. The zero-order chi connectivity index (χ0) is 26.7. The van der Waals surface area contributed by atoms with Gasteiger partial charge in [-0.05, 0) is 55.5 Å². The number of alkyl halides is 2. The van der Waals surface area contributed by atoms with Gasteiger partial charge in [0.1, 0.15) is 25.4 Å². The number of hydrogen-bond acceptors (Lipinski definition) is 6. The van der Waals surface area contributed by atoms with Crippen LogP contribution in [-0.4, -0.2) is 39.8 Å². The van der Waals surface area contributed by atoms with Gasteiger partial charge >= 0.3 is 0 Å². The first kappa shape index (κ1) is 24.6. The summed E-state index contributed by atoms with van der Waals surface area (Å²) in [7, 11) is 1.90. The monoisotopic (exact) mass is 535 g/mol. The topological polar surface area (TPSA) is 91.5 Å². The summed E-state index contributed by atoms with van der Waals surface area (Å²) >= 11 is 6.63. The molecule has 0 saturated heterocycles. The molecule has 1 unspecified atom stereocenters. The number of nitrogens with zero attached hydrogens (tertiary/aromatic N) is 5. The molecule has 7 nitrogen and oxygen atoms in total. The summed E-state index contributed by atoms with van der Waals surface area (Å²) in [4.78, 5) is 4.32. The number of hydrogen-bond donors (Lipinski definition) is 2. The third kappa shape index (κ3) is 4.23. The van der Waals surface area contributed by atoms with Crippen LogP contribution < -0.4 is 10.6 Å². The van der Waals surface area contributed by atoms with Crippen molar-refractivity contribution in [1.29, 1.82) is 5.26 Å². The van der Waals surface area contributed by atoms with Gasteiger partial charge in [-0.2, -0.15) is 5.26 Å². The van der Waals surface area contributed by atoms with Crippen LogP contribution >= 0.6 is 11.6 Å². The van der Waals surface area contributed by atoms with Crippen LogP contribution in [-0.2, 0) is 5.44 Å². The van der Waals surface area contributed by atoms with E-state index in [4.69, 9.17) is 11.6 Å². The van der Waals surface area contributed by atoms with Crippen molar-refractivity contribution in [1.82, 2.24) is 20.0 Å². The van der Waals surface area contributed by atoms with Gasteiger partial charge in [-0.1, -0.05) is 28.9 Å². The number of nitrogens with one attached hydrogen (secondary N) is 2. The van der Waals surface area contributed by atoms with Crippen LogP contribution in [0.4, 0.5) is 24.5 Å². The zero-order valence-corrected chi connectivity index (χ0v) is 21.1. The third-order valence-electron chi connectivity index (χ3n) is 7.39. The Bertz CT molecular complexity index is 1580. The Kier molecular flexibility index (Phi) is 5.76. The highest BCUT2D eigenvalue weighted by Gasteiger charge is 2.51. The molecule has 38 heavy (non-hydrogen) atoms. The van der Waals surface area contributed by atoms with Gasteiger partial charge in [0.2, 0.25) is 0 Å².